The summed E-state index contributed by atoms with van der Waals surface area (Å²) in [6.07, 6.45) is -1.83. The molecule has 0 aromatic carbocycles. The fourth-order valence-electron chi connectivity index (χ4n) is 0. The number of carbonyl (C=O) groups is 1. The number of carboxylic acid groups (broad SMARTS) is 2. The van der Waals surface area contributed by atoms with Crippen molar-refractivity contribution >= 4 is 6.16 Å². The Balaban J connectivity index is -0.0000000233. The molecular weight excluding hydrogens is 391 g/mol. The van der Waals surface area contributed by atoms with Gasteiger partial charge in [-0.2, -0.15) is 0 Å². The van der Waals surface area contributed by atoms with E-state index in [-0.39, 0.29) is 64.1 Å². The van der Waals surface area contributed by atoms with Gasteiger partial charge in [0.25, 0.3) is 0 Å². The summed E-state index contributed by atoms with van der Waals surface area (Å²) >= 11 is -1.81. The molecule has 0 saturated carbocycles. The van der Waals surface area contributed by atoms with Gasteiger partial charge >= 0.3 is 29.7 Å². The zero-order valence-corrected chi connectivity index (χ0v) is 9.89. The average molecular weight is 393 g/mol. The fourth-order valence-corrected chi connectivity index (χ4v) is 0. The van der Waals surface area contributed by atoms with Crippen LogP contribution in [-0.4, -0.2) is 16.4 Å². The van der Waals surface area contributed by atoms with Gasteiger partial charge < -0.3 is 10.2 Å². The van der Waals surface area contributed by atoms with E-state index in [2.05, 4.69) is 0 Å². The van der Waals surface area contributed by atoms with Crippen LogP contribution < -0.4 is 0 Å². The molecule has 8 heteroatoms. The van der Waals surface area contributed by atoms with E-state index in [1.54, 1.807) is 0 Å². The van der Waals surface area contributed by atoms with Gasteiger partial charge in [0.05, 0.1) is 0 Å². The van der Waals surface area contributed by atoms with Gasteiger partial charge in [0.1, 0.15) is 0 Å². The molecule has 9 heavy (non-hydrogen) atoms. The van der Waals surface area contributed by atoms with Crippen molar-refractivity contribution in [1.82, 2.24) is 0 Å². The molecule has 0 aromatic rings. The van der Waals surface area contributed by atoms with Crippen molar-refractivity contribution in [2.75, 3.05) is 0 Å². The average Bonchev–Trinajstić information content (AvgIpc) is 1.33. The van der Waals surface area contributed by atoms with Crippen LogP contribution >= 0.6 is 0 Å². The Morgan fingerprint density at radius 1 is 1.22 bits per heavy atom. The molecule has 0 atom stereocenters. The first kappa shape index (κ1) is 22.4. The minimum atomic E-state index is -1.83. The maximum absolute atomic E-state index is 8.56. The Morgan fingerprint density at radius 2 is 1.22 bits per heavy atom. The summed E-state index contributed by atoms with van der Waals surface area (Å²) in [6, 6.07) is 0. The predicted octanol–water partition coefficient (Wildman–Crippen LogP) is -0.0202. The molecule has 0 bridgehead atoms. The van der Waals surface area contributed by atoms with Gasteiger partial charge in [0.2, 0.25) is 0 Å². The van der Waals surface area contributed by atoms with Crippen LogP contribution in [0.5, 0.6) is 0 Å². The summed E-state index contributed by atoms with van der Waals surface area (Å²) in [5.74, 6) is 0. The van der Waals surface area contributed by atoms with Crippen molar-refractivity contribution in [1.29, 1.82) is 0 Å². The molecule has 0 aliphatic heterocycles. The van der Waals surface area contributed by atoms with Gasteiger partial charge in [-0.25, -0.2) is 4.79 Å². The van der Waals surface area contributed by atoms with Crippen molar-refractivity contribution in [3.8, 4) is 0 Å². The van der Waals surface area contributed by atoms with Crippen LogP contribution in [0.1, 0.15) is 0 Å². The molecule has 0 heterocycles. The first-order valence-electron chi connectivity index (χ1n) is 1.02. The van der Waals surface area contributed by atoms with Crippen LogP contribution in [0.2, 0.25) is 0 Å². The number of hydrogen-bond acceptors (Lipinski definition) is 3. The van der Waals surface area contributed by atoms with Gasteiger partial charge in [-0.1, -0.05) is 0 Å². The van der Waals surface area contributed by atoms with Crippen molar-refractivity contribution in [2.24, 2.45) is 0 Å². The summed E-state index contributed by atoms with van der Waals surface area (Å²) in [5, 5.41) is 13.9. The number of hydrogen-bond donors (Lipinski definition) is 2. The Kier molecular flexibility index (Phi) is 56.5. The van der Waals surface area contributed by atoms with Crippen molar-refractivity contribution < 1.29 is 103 Å². The Bertz CT molecular complexity index is 85.0. The molecule has 2 N–H and O–H groups in total. The second kappa shape index (κ2) is 22.7. The quantitative estimate of drug-likeness (QED) is 0.565. The first-order chi connectivity index (χ1) is 3.15. The molecule has 0 unspecified atom stereocenters. The molecule has 5 nitrogen and oxygen atoms in total. The molecule has 0 aliphatic rings. The summed E-state index contributed by atoms with van der Waals surface area (Å²) in [5.41, 5.74) is 0. The van der Waals surface area contributed by atoms with Gasteiger partial charge in [-0.3, -0.25) is 0 Å². The molecular formula is CH2AgCeO5V. The molecule has 0 spiro atoms. The molecule has 0 fully saturated rings. The number of rotatable bonds is 0. The normalized spacial score (nSPS) is 3.56. The van der Waals surface area contributed by atoms with Crippen LogP contribution in [0.25, 0.3) is 0 Å². The second-order valence-electron chi connectivity index (χ2n) is 0.357. The van der Waals surface area contributed by atoms with E-state index in [9.17, 15) is 0 Å². The molecule has 0 amide bonds. The van der Waals surface area contributed by atoms with Gasteiger partial charge in [0, 0.05) is 64.1 Å². The fraction of sp³-hybridized carbons (Fsp3) is 0. The predicted molar refractivity (Wildman–Crippen MR) is 12.0 cm³/mol. The summed E-state index contributed by atoms with van der Waals surface area (Å²) in [6.45, 7) is 0. The van der Waals surface area contributed by atoms with Crippen molar-refractivity contribution in [2.45, 2.75) is 0 Å². The minimum absolute atomic E-state index is 0. The Morgan fingerprint density at radius 3 is 1.22 bits per heavy atom. The third kappa shape index (κ3) is 222. The van der Waals surface area contributed by atoms with E-state index in [1.807, 2.05) is 0 Å². The zero-order valence-electron chi connectivity index (χ0n) is 3.87. The molecule has 0 rings (SSSR count). The summed E-state index contributed by atoms with van der Waals surface area (Å²) in [7, 11) is 0. The Labute approximate surface area is 107 Å². The van der Waals surface area contributed by atoms with Crippen LogP contribution in [0.15, 0.2) is 0 Å². The van der Waals surface area contributed by atoms with E-state index in [1.165, 1.54) is 0 Å². The first-order valence-corrected chi connectivity index (χ1v) is 2.16. The van der Waals surface area contributed by atoms with E-state index in [4.69, 9.17) is 22.4 Å². The van der Waals surface area contributed by atoms with Crippen LogP contribution in [0.3, 0.4) is 0 Å². The van der Waals surface area contributed by atoms with E-state index in [0.29, 0.717) is 0 Å². The van der Waals surface area contributed by atoms with Crippen molar-refractivity contribution in [3.63, 3.8) is 0 Å². The van der Waals surface area contributed by atoms with E-state index >= 15 is 0 Å². The van der Waals surface area contributed by atoms with E-state index in [0.717, 1.165) is 0 Å². The Hall–Kier alpha value is 1.57. The topological polar surface area (TPSA) is 91.7 Å². The van der Waals surface area contributed by atoms with Gasteiger partial charge in [0.15, 0.2) is 0 Å². The van der Waals surface area contributed by atoms with Crippen LogP contribution in [0.4, 0.5) is 4.79 Å². The molecule has 0 aromatic heterocycles. The maximum atomic E-state index is 8.56. The second-order valence-corrected chi connectivity index (χ2v) is 0.590. The molecule has 0 aliphatic carbocycles. The van der Waals surface area contributed by atoms with Crippen LogP contribution in [0, 0.1) is 41.7 Å². The molecule has 56 valence electrons. The third-order valence-electron chi connectivity index (χ3n) is 0. The van der Waals surface area contributed by atoms with Gasteiger partial charge in [-0.15, -0.1) is 0 Å². The van der Waals surface area contributed by atoms with Crippen molar-refractivity contribution in [3.05, 3.63) is 0 Å². The van der Waals surface area contributed by atoms with Crippen LogP contribution in [-0.2, 0) is 45.9 Å². The van der Waals surface area contributed by atoms with E-state index < -0.39 is 22.3 Å². The SMILES string of the molecule is O=C(O)O.[Ag].[Ce].[O]=[V]=[O]. The summed E-state index contributed by atoms with van der Waals surface area (Å²) < 4.78 is 16.9. The third-order valence-corrected chi connectivity index (χ3v) is 0. The zero-order chi connectivity index (χ0) is 6.28. The molecule has 1 radical (unpaired) electrons. The summed E-state index contributed by atoms with van der Waals surface area (Å²) in [4.78, 5) is 8.56. The standard InChI is InChI=1S/CH2O3.Ag.Ce.2O.V/c2-1(3)4;;;;;/h(H2,2,3,4);;;;;. The van der Waals surface area contributed by atoms with Gasteiger partial charge in [-0.05, 0) is 0 Å². The monoisotopic (exact) mass is 392 g/mol. The molecule has 0 saturated heterocycles.